The predicted molar refractivity (Wildman–Crippen MR) is 72.6 cm³/mol. The Kier molecular flexibility index (Phi) is 3.75. The number of anilines is 2. The highest BCUT2D eigenvalue weighted by Crippen LogP contribution is 2.28. The Morgan fingerprint density at radius 3 is 3.00 bits per heavy atom. The van der Waals surface area contributed by atoms with Gasteiger partial charge >= 0.3 is 5.97 Å². The lowest BCUT2D eigenvalue weighted by atomic mass is 10.0. The molecule has 0 aromatic heterocycles. The van der Waals surface area contributed by atoms with E-state index in [1.165, 1.54) is 5.56 Å². The van der Waals surface area contributed by atoms with E-state index >= 15 is 0 Å². The molecule has 1 aromatic carbocycles. The lowest BCUT2D eigenvalue weighted by Gasteiger charge is -2.30. The number of hydrogen-bond acceptors (Lipinski definition) is 4. The third-order valence-corrected chi connectivity index (χ3v) is 3.01. The number of nitrogens with zero attached hydrogens (tertiary/aromatic N) is 1. The Morgan fingerprint density at radius 1 is 1.50 bits per heavy atom. The maximum Gasteiger partial charge on any atom is 0.325 e. The van der Waals surface area contributed by atoms with Crippen LogP contribution in [-0.2, 0) is 16.0 Å². The van der Waals surface area contributed by atoms with E-state index in [4.69, 9.17) is 10.5 Å². The Morgan fingerprint density at radius 2 is 2.28 bits per heavy atom. The van der Waals surface area contributed by atoms with Crippen LogP contribution in [0.2, 0.25) is 0 Å². The number of nitrogen functional groups attached to an aromatic ring is 1. The molecule has 0 saturated carbocycles. The summed E-state index contributed by atoms with van der Waals surface area (Å²) in [6, 6.07) is 5.87. The van der Waals surface area contributed by atoms with Crippen molar-refractivity contribution >= 4 is 17.3 Å². The van der Waals surface area contributed by atoms with Crippen LogP contribution >= 0.6 is 0 Å². The van der Waals surface area contributed by atoms with Gasteiger partial charge < -0.3 is 15.4 Å². The molecule has 0 radical (unpaired) electrons. The smallest absolute Gasteiger partial charge is 0.325 e. The third kappa shape index (κ3) is 2.94. The van der Waals surface area contributed by atoms with Crippen molar-refractivity contribution in [3.63, 3.8) is 0 Å². The summed E-state index contributed by atoms with van der Waals surface area (Å²) in [7, 11) is 0. The van der Waals surface area contributed by atoms with Gasteiger partial charge in [0.1, 0.15) is 6.54 Å². The number of carbonyl (C=O) groups excluding carboxylic acids is 1. The molecule has 0 unspecified atom stereocenters. The van der Waals surface area contributed by atoms with Crippen LogP contribution < -0.4 is 10.6 Å². The second-order valence-corrected chi connectivity index (χ2v) is 4.95. The molecule has 1 heterocycles. The van der Waals surface area contributed by atoms with Gasteiger partial charge in [-0.05, 0) is 50.5 Å². The zero-order valence-corrected chi connectivity index (χ0v) is 11.0. The highest BCUT2D eigenvalue weighted by molar-refractivity contribution is 5.77. The van der Waals surface area contributed by atoms with E-state index in [1.54, 1.807) is 0 Å². The molecular weight excluding hydrogens is 228 g/mol. The first-order valence-electron chi connectivity index (χ1n) is 6.39. The zero-order chi connectivity index (χ0) is 13.1. The van der Waals surface area contributed by atoms with Crippen molar-refractivity contribution < 1.29 is 9.53 Å². The minimum absolute atomic E-state index is 0.0619. The van der Waals surface area contributed by atoms with Crippen molar-refractivity contribution in [3.8, 4) is 0 Å². The number of ether oxygens (including phenoxy) is 1. The quantitative estimate of drug-likeness (QED) is 0.656. The summed E-state index contributed by atoms with van der Waals surface area (Å²) < 4.78 is 5.19. The summed E-state index contributed by atoms with van der Waals surface area (Å²) >= 11 is 0. The summed E-state index contributed by atoms with van der Waals surface area (Å²) in [5.74, 6) is -0.172. The van der Waals surface area contributed by atoms with Gasteiger partial charge in [-0.3, -0.25) is 4.79 Å². The normalized spacial score (nSPS) is 14.5. The Bertz CT molecular complexity index is 443. The number of benzene rings is 1. The highest BCUT2D eigenvalue weighted by atomic mass is 16.5. The maximum absolute atomic E-state index is 11.7. The molecule has 0 amide bonds. The van der Waals surface area contributed by atoms with E-state index in [0.717, 1.165) is 30.8 Å². The van der Waals surface area contributed by atoms with E-state index in [2.05, 4.69) is 4.90 Å². The lowest BCUT2D eigenvalue weighted by molar-refractivity contribution is -0.145. The average Bonchev–Trinajstić information content (AvgIpc) is 2.27. The molecule has 0 saturated heterocycles. The fourth-order valence-corrected chi connectivity index (χ4v) is 2.32. The summed E-state index contributed by atoms with van der Waals surface area (Å²) in [4.78, 5) is 13.8. The Balaban J connectivity index is 2.10. The molecule has 0 bridgehead atoms. The molecule has 18 heavy (non-hydrogen) atoms. The molecular formula is C14H20N2O2. The van der Waals surface area contributed by atoms with Gasteiger partial charge in [-0.25, -0.2) is 0 Å². The van der Waals surface area contributed by atoms with E-state index in [-0.39, 0.29) is 12.1 Å². The van der Waals surface area contributed by atoms with Crippen LogP contribution in [0.1, 0.15) is 25.8 Å². The van der Waals surface area contributed by atoms with Crippen molar-refractivity contribution in [2.45, 2.75) is 32.8 Å². The Hall–Kier alpha value is -1.71. The van der Waals surface area contributed by atoms with Crippen LogP contribution in [0.25, 0.3) is 0 Å². The van der Waals surface area contributed by atoms with Crippen molar-refractivity contribution in [1.29, 1.82) is 0 Å². The topological polar surface area (TPSA) is 55.6 Å². The van der Waals surface area contributed by atoms with Gasteiger partial charge in [0.15, 0.2) is 0 Å². The minimum Gasteiger partial charge on any atom is -0.462 e. The summed E-state index contributed by atoms with van der Waals surface area (Å²) in [6.07, 6.45) is 2.01. The van der Waals surface area contributed by atoms with Gasteiger partial charge in [0.2, 0.25) is 0 Å². The van der Waals surface area contributed by atoms with Crippen LogP contribution in [0, 0.1) is 0 Å². The second kappa shape index (κ2) is 5.29. The van der Waals surface area contributed by atoms with Crippen molar-refractivity contribution in [3.05, 3.63) is 23.8 Å². The van der Waals surface area contributed by atoms with Gasteiger partial charge in [0.05, 0.1) is 6.10 Å². The van der Waals surface area contributed by atoms with E-state index in [1.807, 2.05) is 32.0 Å². The van der Waals surface area contributed by atoms with Gasteiger partial charge in [-0.2, -0.15) is 0 Å². The summed E-state index contributed by atoms with van der Waals surface area (Å²) in [6.45, 7) is 4.94. The zero-order valence-electron chi connectivity index (χ0n) is 11.0. The number of hydrogen-bond donors (Lipinski definition) is 1. The van der Waals surface area contributed by atoms with Crippen LogP contribution in [0.3, 0.4) is 0 Å². The largest absolute Gasteiger partial charge is 0.462 e. The van der Waals surface area contributed by atoms with Crippen molar-refractivity contribution in [2.24, 2.45) is 0 Å². The highest BCUT2D eigenvalue weighted by Gasteiger charge is 2.20. The molecule has 2 N–H and O–H groups in total. The molecule has 98 valence electrons. The van der Waals surface area contributed by atoms with Crippen LogP contribution in [0.4, 0.5) is 11.4 Å². The van der Waals surface area contributed by atoms with Gasteiger partial charge in [0.25, 0.3) is 0 Å². The van der Waals surface area contributed by atoms with E-state index in [9.17, 15) is 4.79 Å². The second-order valence-electron chi connectivity index (χ2n) is 4.95. The van der Waals surface area contributed by atoms with Gasteiger partial charge in [-0.1, -0.05) is 0 Å². The first-order valence-corrected chi connectivity index (χ1v) is 6.39. The minimum atomic E-state index is -0.172. The standard InChI is InChI=1S/C14H20N2O2/c1-10(2)18-14(17)9-16-7-3-4-11-8-12(15)5-6-13(11)16/h5-6,8,10H,3-4,7,9,15H2,1-2H3. The molecule has 0 aliphatic carbocycles. The van der Waals surface area contributed by atoms with E-state index in [0.29, 0.717) is 6.54 Å². The number of rotatable bonds is 3. The number of esters is 1. The Labute approximate surface area is 108 Å². The van der Waals surface area contributed by atoms with Crippen molar-refractivity contribution in [2.75, 3.05) is 23.7 Å². The maximum atomic E-state index is 11.7. The number of aryl methyl sites for hydroxylation is 1. The fourth-order valence-electron chi connectivity index (χ4n) is 2.32. The number of nitrogens with two attached hydrogens (primary N) is 1. The first-order chi connectivity index (χ1) is 8.56. The third-order valence-electron chi connectivity index (χ3n) is 3.01. The van der Waals surface area contributed by atoms with Crippen LogP contribution in [0.5, 0.6) is 0 Å². The summed E-state index contributed by atoms with van der Waals surface area (Å²) in [5.41, 5.74) is 8.89. The molecule has 1 aliphatic heterocycles. The SMILES string of the molecule is CC(C)OC(=O)CN1CCCc2cc(N)ccc21. The average molecular weight is 248 g/mol. The summed E-state index contributed by atoms with van der Waals surface area (Å²) in [5, 5.41) is 0. The predicted octanol–water partition coefficient (Wildman–Crippen LogP) is 1.97. The number of fused-ring (bicyclic) bond motifs is 1. The van der Waals surface area contributed by atoms with Crippen molar-refractivity contribution in [1.82, 2.24) is 0 Å². The van der Waals surface area contributed by atoms with E-state index < -0.39 is 0 Å². The van der Waals surface area contributed by atoms with Crippen LogP contribution in [0.15, 0.2) is 18.2 Å². The molecule has 0 spiro atoms. The number of carbonyl (C=O) groups is 1. The fraction of sp³-hybridized carbons (Fsp3) is 0.500. The molecule has 0 fully saturated rings. The molecule has 1 aliphatic rings. The molecule has 4 heteroatoms. The lowest BCUT2D eigenvalue weighted by Crippen LogP contribution is -2.35. The molecule has 1 aromatic rings. The van der Waals surface area contributed by atoms with Gasteiger partial charge in [-0.15, -0.1) is 0 Å². The monoisotopic (exact) mass is 248 g/mol. The molecule has 0 atom stereocenters. The first kappa shape index (κ1) is 12.7. The molecule has 2 rings (SSSR count). The van der Waals surface area contributed by atoms with Crippen LogP contribution in [-0.4, -0.2) is 25.2 Å². The molecule has 4 nitrogen and oxygen atoms in total. The van der Waals surface area contributed by atoms with Gasteiger partial charge in [0, 0.05) is 17.9 Å².